The van der Waals surface area contributed by atoms with E-state index in [1.807, 2.05) is 50.1 Å². The Kier molecular flexibility index (Phi) is 8.10. The highest BCUT2D eigenvalue weighted by Gasteiger charge is 2.32. The van der Waals surface area contributed by atoms with E-state index in [1.165, 1.54) is 19.3 Å². The Morgan fingerprint density at radius 2 is 1.85 bits per heavy atom. The number of hydrogen-bond acceptors (Lipinski definition) is 3. The van der Waals surface area contributed by atoms with Crippen molar-refractivity contribution in [2.24, 2.45) is 0 Å². The number of methoxy groups -OCH3 is 1. The number of benzene rings is 1. The molecule has 1 unspecified atom stereocenters. The molecule has 0 bridgehead atoms. The largest absolute Gasteiger partial charge is 0.497 e. The third-order valence-electron chi connectivity index (χ3n) is 5.67. The average molecular weight is 377 g/mol. The fourth-order valence-electron chi connectivity index (χ4n) is 3.80. The maximum absolute atomic E-state index is 12.9. The predicted octanol–water partition coefficient (Wildman–Crippen LogP) is 1.72. The predicted molar refractivity (Wildman–Crippen MR) is 107 cm³/mol. The summed E-state index contributed by atoms with van der Waals surface area (Å²) in [5.41, 5.74) is 0.731. The molecule has 6 heteroatoms. The number of carbonyl (C=O) groups is 2. The average Bonchev–Trinajstić information content (AvgIpc) is 2.71. The first-order valence-electron chi connectivity index (χ1n) is 10.0. The van der Waals surface area contributed by atoms with E-state index in [0.717, 1.165) is 35.7 Å². The minimum Gasteiger partial charge on any atom is -0.497 e. The Labute approximate surface area is 162 Å². The lowest BCUT2D eigenvalue weighted by molar-refractivity contribution is -0.904. The van der Waals surface area contributed by atoms with Crippen molar-refractivity contribution in [2.45, 2.75) is 58.0 Å². The molecule has 1 aromatic rings. The molecule has 150 valence electrons. The molecule has 1 fully saturated rings. The first-order chi connectivity index (χ1) is 13.0. The molecule has 1 saturated carbocycles. The van der Waals surface area contributed by atoms with Crippen molar-refractivity contribution in [3.05, 3.63) is 24.3 Å². The van der Waals surface area contributed by atoms with E-state index in [1.54, 1.807) is 7.11 Å². The van der Waals surface area contributed by atoms with E-state index in [4.69, 9.17) is 4.74 Å². The van der Waals surface area contributed by atoms with Gasteiger partial charge in [0.15, 0.2) is 12.6 Å². The van der Waals surface area contributed by atoms with Crippen LogP contribution >= 0.6 is 0 Å². The zero-order valence-electron chi connectivity index (χ0n) is 17.1. The van der Waals surface area contributed by atoms with Crippen LogP contribution in [0.4, 0.5) is 5.69 Å². The highest BCUT2D eigenvalue weighted by molar-refractivity contribution is 5.91. The van der Waals surface area contributed by atoms with E-state index in [0.29, 0.717) is 6.04 Å². The van der Waals surface area contributed by atoms with Crippen LogP contribution in [-0.2, 0) is 9.59 Å². The Bertz CT molecular complexity index is 612. The van der Waals surface area contributed by atoms with Gasteiger partial charge in [0.25, 0.3) is 11.8 Å². The standard InChI is InChI=1S/C21H33N3O3/c1-5-24(15-20(25)22-17-11-13-19(27-4)14-12-17)16(2)21(26)23(3)18-9-7-6-8-10-18/h11-14,16,18H,5-10,15H2,1-4H3,(H,22,25)/p+1/t16-/m1/s1. The summed E-state index contributed by atoms with van der Waals surface area (Å²) in [5.74, 6) is 0.798. The van der Waals surface area contributed by atoms with Gasteiger partial charge < -0.3 is 19.9 Å². The second-order valence-corrected chi connectivity index (χ2v) is 7.43. The molecule has 2 amide bonds. The monoisotopic (exact) mass is 376 g/mol. The number of rotatable bonds is 8. The molecule has 1 aliphatic carbocycles. The van der Waals surface area contributed by atoms with Gasteiger partial charge in [-0.25, -0.2) is 0 Å². The number of quaternary nitrogens is 1. The van der Waals surface area contributed by atoms with Crippen LogP contribution in [0.2, 0.25) is 0 Å². The maximum atomic E-state index is 12.9. The van der Waals surface area contributed by atoms with Gasteiger partial charge in [0.05, 0.1) is 13.7 Å². The van der Waals surface area contributed by atoms with Crippen molar-refractivity contribution < 1.29 is 19.2 Å². The van der Waals surface area contributed by atoms with E-state index < -0.39 is 0 Å². The van der Waals surface area contributed by atoms with E-state index in [2.05, 4.69) is 5.32 Å². The molecule has 27 heavy (non-hydrogen) atoms. The van der Waals surface area contributed by atoms with Crippen LogP contribution in [0.5, 0.6) is 5.75 Å². The normalized spacial score (nSPS) is 17.0. The lowest BCUT2D eigenvalue weighted by Crippen LogP contribution is -3.17. The summed E-state index contributed by atoms with van der Waals surface area (Å²) in [6, 6.07) is 7.36. The number of ether oxygens (including phenoxy) is 1. The molecule has 0 heterocycles. The quantitative estimate of drug-likeness (QED) is 0.726. The molecular formula is C21H34N3O3+. The second-order valence-electron chi connectivity index (χ2n) is 7.43. The van der Waals surface area contributed by atoms with Crippen LogP contribution in [0.1, 0.15) is 46.0 Å². The molecule has 2 atom stereocenters. The molecule has 1 aromatic carbocycles. The van der Waals surface area contributed by atoms with Gasteiger partial charge in [-0.3, -0.25) is 9.59 Å². The van der Waals surface area contributed by atoms with E-state index >= 15 is 0 Å². The van der Waals surface area contributed by atoms with Crippen molar-refractivity contribution in [1.82, 2.24) is 4.90 Å². The van der Waals surface area contributed by atoms with Crippen molar-refractivity contribution in [1.29, 1.82) is 0 Å². The molecule has 1 aliphatic rings. The fraction of sp³-hybridized carbons (Fsp3) is 0.619. The molecule has 2 rings (SSSR count). The minimum absolute atomic E-state index is 0.0861. The SMILES string of the molecule is CC[NH+](CC(=O)Nc1ccc(OC)cc1)[C@H](C)C(=O)N(C)C1CCCCC1. The van der Waals surface area contributed by atoms with Gasteiger partial charge in [-0.1, -0.05) is 19.3 Å². The number of nitrogens with one attached hydrogen (secondary N) is 2. The van der Waals surface area contributed by atoms with Gasteiger partial charge in [0.2, 0.25) is 0 Å². The summed E-state index contributed by atoms with van der Waals surface area (Å²) in [6.45, 7) is 4.94. The highest BCUT2D eigenvalue weighted by Crippen LogP contribution is 2.21. The van der Waals surface area contributed by atoms with Gasteiger partial charge in [-0.05, 0) is 51.0 Å². The fourth-order valence-corrected chi connectivity index (χ4v) is 3.80. The Morgan fingerprint density at radius 3 is 2.41 bits per heavy atom. The summed E-state index contributed by atoms with van der Waals surface area (Å²) in [5, 5.41) is 2.90. The summed E-state index contributed by atoms with van der Waals surface area (Å²) in [4.78, 5) is 28.3. The number of likely N-dealkylation sites (N-methyl/N-ethyl adjacent to an activating group) is 2. The zero-order chi connectivity index (χ0) is 19.8. The summed E-state index contributed by atoms with van der Waals surface area (Å²) in [7, 11) is 3.53. The van der Waals surface area contributed by atoms with Crippen LogP contribution in [0.15, 0.2) is 24.3 Å². The van der Waals surface area contributed by atoms with Crippen molar-refractivity contribution in [3.8, 4) is 5.75 Å². The van der Waals surface area contributed by atoms with E-state index in [-0.39, 0.29) is 24.4 Å². The number of nitrogens with zero attached hydrogens (tertiary/aromatic N) is 1. The topological polar surface area (TPSA) is 63.1 Å². The first-order valence-corrected chi connectivity index (χ1v) is 10.0. The van der Waals surface area contributed by atoms with Gasteiger partial charge in [0, 0.05) is 18.8 Å². The molecule has 0 spiro atoms. The molecule has 0 aliphatic heterocycles. The van der Waals surface area contributed by atoms with Crippen LogP contribution in [0.25, 0.3) is 0 Å². The van der Waals surface area contributed by atoms with Crippen molar-refractivity contribution in [2.75, 3.05) is 32.6 Å². The Balaban J connectivity index is 1.91. The van der Waals surface area contributed by atoms with Gasteiger partial charge in [0.1, 0.15) is 5.75 Å². The molecule has 6 nitrogen and oxygen atoms in total. The van der Waals surface area contributed by atoms with Gasteiger partial charge in [-0.2, -0.15) is 0 Å². The maximum Gasteiger partial charge on any atom is 0.280 e. The van der Waals surface area contributed by atoms with Crippen LogP contribution in [0, 0.1) is 0 Å². The molecule has 0 aromatic heterocycles. The number of hydrogen-bond donors (Lipinski definition) is 2. The van der Waals surface area contributed by atoms with Gasteiger partial charge >= 0.3 is 0 Å². The van der Waals surface area contributed by atoms with Crippen LogP contribution in [-0.4, -0.2) is 56.0 Å². The lowest BCUT2D eigenvalue weighted by atomic mass is 9.94. The molecule has 2 N–H and O–H groups in total. The molecule has 0 saturated heterocycles. The van der Waals surface area contributed by atoms with E-state index in [9.17, 15) is 9.59 Å². The Hall–Kier alpha value is -2.08. The number of anilines is 1. The molecular weight excluding hydrogens is 342 g/mol. The second kappa shape index (κ2) is 10.3. The molecule has 0 radical (unpaired) electrons. The summed E-state index contributed by atoms with van der Waals surface area (Å²) >= 11 is 0. The third kappa shape index (κ3) is 5.96. The summed E-state index contributed by atoms with van der Waals surface area (Å²) in [6.07, 6.45) is 5.85. The van der Waals surface area contributed by atoms with Crippen molar-refractivity contribution in [3.63, 3.8) is 0 Å². The third-order valence-corrected chi connectivity index (χ3v) is 5.67. The van der Waals surface area contributed by atoms with Crippen molar-refractivity contribution >= 4 is 17.5 Å². The number of amides is 2. The number of carbonyl (C=O) groups excluding carboxylic acids is 2. The first kappa shape index (κ1) is 21.2. The van der Waals surface area contributed by atoms with Gasteiger partial charge in [-0.15, -0.1) is 0 Å². The smallest absolute Gasteiger partial charge is 0.280 e. The zero-order valence-corrected chi connectivity index (χ0v) is 17.1. The highest BCUT2D eigenvalue weighted by atomic mass is 16.5. The minimum atomic E-state index is -0.233. The Morgan fingerprint density at radius 1 is 1.22 bits per heavy atom. The summed E-state index contributed by atoms with van der Waals surface area (Å²) < 4.78 is 5.13. The van der Waals surface area contributed by atoms with Crippen LogP contribution < -0.4 is 15.0 Å². The lowest BCUT2D eigenvalue weighted by Gasteiger charge is -2.34. The van der Waals surface area contributed by atoms with Crippen LogP contribution in [0.3, 0.4) is 0 Å².